The summed E-state index contributed by atoms with van der Waals surface area (Å²) in [7, 11) is 1.77. The number of aliphatic hydroxyl groups is 3. The van der Waals surface area contributed by atoms with E-state index < -0.39 is 27.8 Å². The molecule has 3 N–H and O–H groups in total. The van der Waals surface area contributed by atoms with Gasteiger partial charge in [-0.2, -0.15) is 0 Å². The minimum absolute atomic E-state index is 0.126. The summed E-state index contributed by atoms with van der Waals surface area (Å²) in [5.41, 5.74) is 0. The van der Waals surface area contributed by atoms with Crippen molar-refractivity contribution in [2.75, 3.05) is 34.5 Å². The molecule has 0 saturated carbocycles. The van der Waals surface area contributed by atoms with Crippen LogP contribution in [-0.2, 0) is 18.0 Å². The Morgan fingerprint density at radius 1 is 1.06 bits per heavy atom. The summed E-state index contributed by atoms with van der Waals surface area (Å²) in [6, 6.07) is 0.396. The average molecular weight is 270 g/mol. The second-order valence-electron chi connectivity index (χ2n) is 3.46. The standard InChI is InChI=1S/C9H22O7Si/c1-13-17(14-2,15-3)5-4-9(12)16-7-8(11)6-10/h8-12H,4-7H2,1-3H3. The maximum absolute atomic E-state index is 9.48. The molecule has 0 spiro atoms. The summed E-state index contributed by atoms with van der Waals surface area (Å²) in [4.78, 5) is 0. The number of rotatable bonds is 10. The predicted molar refractivity (Wildman–Crippen MR) is 61.3 cm³/mol. The van der Waals surface area contributed by atoms with Crippen LogP contribution in [0, 0.1) is 0 Å². The largest absolute Gasteiger partial charge is 0.500 e. The molecule has 0 radical (unpaired) electrons. The zero-order chi connectivity index (χ0) is 13.3. The van der Waals surface area contributed by atoms with Gasteiger partial charge in [-0.15, -0.1) is 0 Å². The van der Waals surface area contributed by atoms with E-state index in [1.807, 2.05) is 0 Å². The molecule has 0 aliphatic carbocycles. The van der Waals surface area contributed by atoms with Crippen LogP contribution in [0.25, 0.3) is 0 Å². The first-order chi connectivity index (χ1) is 8.03. The number of hydrogen-bond donors (Lipinski definition) is 3. The Kier molecular flexibility index (Phi) is 8.91. The van der Waals surface area contributed by atoms with Crippen LogP contribution in [0.15, 0.2) is 0 Å². The zero-order valence-electron chi connectivity index (χ0n) is 10.5. The van der Waals surface area contributed by atoms with Gasteiger partial charge in [0.25, 0.3) is 0 Å². The van der Waals surface area contributed by atoms with Gasteiger partial charge in [-0.25, -0.2) is 0 Å². The molecule has 8 heteroatoms. The minimum atomic E-state index is -2.70. The van der Waals surface area contributed by atoms with E-state index >= 15 is 0 Å². The molecule has 0 fully saturated rings. The normalized spacial score (nSPS) is 15.9. The van der Waals surface area contributed by atoms with Gasteiger partial charge in [-0.3, -0.25) is 0 Å². The fraction of sp³-hybridized carbons (Fsp3) is 1.00. The molecule has 2 atom stereocenters. The van der Waals surface area contributed by atoms with Crippen LogP contribution < -0.4 is 0 Å². The van der Waals surface area contributed by atoms with Crippen molar-refractivity contribution >= 4 is 8.80 Å². The van der Waals surface area contributed by atoms with Crippen LogP contribution in [0.1, 0.15) is 6.42 Å². The summed E-state index contributed by atoms with van der Waals surface area (Å²) in [6.45, 7) is -0.529. The number of aliphatic hydroxyl groups excluding tert-OH is 3. The lowest BCUT2D eigenvalue weighted by Gasteiger charge is -2.25. The Morgan fingerprint density at radius 2 is 1.59 bits per heavy atom. The van der Waals surface area contributed by atoms with Gasteiger partial charge in [-0.05, 0) is 0 Å². The molecule has 0 saturated heterocycles. The van der Waals surface area contributed by atoms with E-state index in [9.17, 15) is 5.11 Å². The highest BCUT2D eigenvalue weighted by molar-refractivity contribution is 6.60. The highest BCUT2D eigenvalue weighted by Crippen LogP contribution is 2.16. The predicted octanol–water partition coefficient (Wildman–Crippen LogP) is -1.06. The highest BCUT2D eigenvalue weighted by Gasteiger charge is 2.38. The van der Waals surface area contributed by atoms with Crippen molar-refractivity contribution in [2.45, 2.75) is 24.9 Å². The third kappa shape index (κ3) is 6.43. The molecule has 2 unspecified atom stereocenters. The minimum Gasteiger partial charge on any atom is -0.394 e. The van der Waals surface area contributed by atoms with E-state index in [4.69, 9.17) is 28.2 Å². The van der Waals surface area contributed by atoms with Gasteiger partial charge in [0.1, 0.15) is 6.10 Å². The first-order valence-corrected chi connectivity index (χ1v) is 7.20. The van der Waals surface area contributed by atoms with Gasteiger partial charge < -0.3 is 33.3 Å². The van der Waals surface area contributed by atoms with Gasteiger partial charge in [-0.1, -0.05) is 0 Å². The monoisotopic (exact) mass is 270 g/mol. The highest BCUT2D eigenvalue weighted by atomic mass is 28.4. The summed E-state index contributed by atoms with van der Waals surface area (Å²) >= 11 is 0. The second kappa shape index (κ2) is 8.95. The fourth-order valence-corrected chi connectivity index (χ4v) is 2.93. The lowest BCUT2D eigenvalue weighted by Crippen LogP contribution is -2.43. The molecule has 17 heavy (non-hydrogen) atoms. The average Bonchev–Trinajstić information content (AvgIpc) is 2.38. The van der Waals surface area contributed by atoms with Gasteiger partial charge >= 0.3 is 8.80 Å². The number of hydrogen-bond acceptors (Lipinski definition) is 7. The molecule has 0 aromatic rings. The van der Waals surface area contributed by atoms with E-state index in [0.717, 1.165) is 0 Å². The summed E-state index contributed by atoms with van der Waals surface area (Å²) in [5.74, 6) is 0. The first-order valence-electron chi connectivity index (χ1n) is 5.27. The molecular formula is C9H22O7Si. The van der Waals surface area contributed by atoms with Crippen LogP contribution >= 0.6 is 0 Å². The Hall–Kier alpha value is -0.0631. The number of ether oxygens (including phenoxy) is 1. The molecule has 0 aromatic carbocycles. The SMILES string of the molecule is CO[Si](CCC(O)OCC(O)CO)(OC)OC. The van der Waals surface area contributed by atoms with Crippen molar-refractivity contribution in [3.63, 3.8) is 0 Å². The topological polar surface area (TPSA) is 97.6 Å². The van der Waals surface area contributed by atoms with Crippen LogP contribution in [0.2, 0.25) is 6.04 Å². The Morgan fingerprint density at radius 3 is 2.00 bits per heavy atom. The van der Waals surface area contributed by atoms with Crippen molar-refractivity contribution in [2.24, 2.45) is 0 Å². The van der Waals surface area contributed by atoms with Crippen LogP contribution in [0.3, 0.4) is 0 Å². The first kappa shape index (κ1) is 16.9. The van der Waals surface area contributed by atoms with Crippen molar-refractivity contribution in [3.8, 4) is 0 Å². The zero-order valence-corrected chi connectivity index (χ0v) is 11.5. The van der Waals surface area contributed by atoms with E-state index in [1.165, 1.54) is 21.3 Å². The second-order valence-corrected chi connectivity index (χ2v) is 6.55. The van der Waals surface area contributed by atoms with E-state index in [2.05, 4.69) is 0 Å². The molecule has 0 rings (SSSR count). The van der Waals surface area contributed by atoms with Gasteiger partial charge in [0.05, 0.1) is 13.2 Å². The smallest absolute Gasteiger partial charge is 0.394 e. The maximum Gasteiger partial charge on any atom is 0.500 e. The third-order valence-corrected chi connectivity index (χ3v) is 5.09. The molecule has 0 aromatic heterocycles. The summed E-state index contributed by atoms with van der Waals surface area (Å²) in [6.07, 6.45) is -1.78. The van der Waals surface area contributed by atoms with Gasteiger partial charge in [0.2, 0.25) is 0 Å². The molecular weight excluding hydrogens is 248 g/mol. The fourth-order valence-electron chi connectivity index (χ4n) is 1.21. The van der Waals surface area contributed by atoms with Crippen molar-refractivity contribution in [1.29, 1.82) is 0 Å². The Labute approximate surface area is 102 Å². The van der Waals surface area contributed by atoms with Crippen molar-refractivity contribution in [1.82, 2.24) is 0 Å². The molecule has 0 amide bonds. The van der Waals surface area contributed by atoms with E-state index in [0.29, 0.717) is 6.04 Å². The van der Waals surface area contributed by atoms with E-state index in [1.54, 1.807) is 0 Å². The van der Waals surface area contributed by atoms with E-state index in [-0.39, 0.29) is 13.0 Å². The lowest BCUT2D eigenvalue weighted by molar-refractivity contribution is -0.128. The van der Waals surface area contributed by atoms with Gasteiger partial charge in [0, 0.05) is 33.8 Å². The lowest BCUT2D eigenvalue weighted by atomic mass is 10.4. The van der Waals surface area contributed by atoms with Crippen LogP contribution in [0.4, 0.5) is 0 Å². The molecule has 0 heterocycles. The molecule has 0 aliphatic rings. The Bertz CT molecular complexity index is 180. The quantitative estimate of drug-likeness (QED) is 0.344. The molecule has 0 bridgehead atoms. The maximum atomic E-state index is 9.48. The third-order valence-electron chi connectivity index (χ3n) is 2.32. The van der Waals surface area contributed by atoms with Crippen LogP contribution in [-0.4, -0.2) is 71.1 Å². The Balaban J connectivity index is 3.92. The summed E-state index contributed by atoms with van der Waals surface area (Å²) in [5, 5.41) is 27.1. The van der Waals surface area contributed by atoms with Crippen LogP contribution in [0.5, 0.6) is 0 Å². The molecule has 0 aliphatic heterocycles. The molecule has 104 valence electrons. The summed E-state index contributed by atoms with van der Waals surface area (Å²) < 4.78 is 20.4. The van der Waals surface area contributed by atoms with Gasteiger partial charge in [0.15, 0.2) is 6.29 Å². The van der Waals surface area contributed by atoms with Crippen molar-refractivity contribution in [3.05, 3.63) is 0 Å². The molecule has 7 nitrogen and oxygen atoms in total. The van der Waals surface area contributed by atoms with Crippen molar-refractivity contribution < 1.29 is 33.3 Å².